The first-order valence-corrected chi connectivity index (χ1v) is 11.2. The Balaban J connectivity index is 1.84. The molecule has 0 spiro atoms. The normalized spacial score (nSPS) is 16.4. The minimum atomic E-state index is 0.118. The molecular formula is C30H34O. The SMILES string of the molecule is COC1=C(c2ccc(C(C)(C)C)cc2)c2ccccc2C1c1ccc(C(C)(C)C)cc1. The highest BCUT2D eigenvalue weighted by molar-refractivity contribution is 5.88. The number of fused-ring (bicyclic) bond motifs is 1. The van der Waals surface area contributed by atoms with Gasteiger partial charge in [0.05, 0.1) is 13.0 Å². The summed E-state index contributed by atoms with van der Waals surface area (Å²) in [6.07, 6.45) is 0. The van der Waals surface area contributed by atoms with Gasteiger partial charge in [-0.1, -0.05) is 114 Å². The first-order chi connectivity index (χ1) is 14.6. The van der Waals surface area contributed by atoms with Gasteiger partial charge in [-0.15, -0.1) is 0 Å². The average molecular weight is 411 g/mol. The molecule has 0 aromatic heterocycles. The monoisotopic (exact) mass is 410 g/mol. The van der Waals surface area contributed by atoms with Gasteiger partial charge >= 0.3 is 0 Å². The lowest BCUT2D eigenvalue weighted by Gasteiger charge is -2.21. The Hall–Kier alpha value is -2.80. The third-order valence-corrected chi connectivity index (χ3v) is 6.42. The van der Waals surface area contributed by atoms with E-state index in [1.54, 1.807) is 7.11 Å². The van der Waals surface area contributed by atoms with Crippen LogP contribution >= 0.6 is 0 Å². The van der Waals surface area contributed by atoms with E-state index in [9.17, 15) is 0 Å². The predicted octanol–water partition coefficient (Wildman–Crippen LogP) is 7.83. The largest absolute Gasteiger partial charge is 0.499 e. The molecule has 0 fully saturated rings. The smallest absolute Gasteiger partial charge is 0.116 e. The number of hydrogen-bond acceptors (Lipinski definition) is 1. The number of rotatable bonds is 3. The molecule has 1 atom stereocenters. The molecule has 0 saturated carbocycles. The maximum Gasteiger partial charge on any atom is 0.116 e. The molecule has 0 amide bonds. The zero-order valence-electron chi connectivity index (χ0n) is 19.9. The summed E-state index contributed by atoms with van der Waals surface area (Å²) < 4.78 is 6.10. The van der Waals surface area contributed by atoms with Crippen LogP contribution in [0.4, 0.5) is 0 Å². The van der Waals surface area contributed by atoms with Gasteiger partial charge in [0.25, 0.3) is 0 Å². The van der Waals surface area contributed by atoms with Crippen molar-refractivity contribution in [3.05, 3.63) is 112 Å². The van der Waals surface area contributed by atoms with E-state index < -0.39 is 0 Å². The molecule has 31 heavy (non-hydrogen) atoms. The fourth-order valence-electron chi connectivity index (χ4n) is 4.56. The third kappa shape index (κ3) is 3.94. The van der Waals surface area contributed by atoms with Crippen molar-refractivity contribution in [1.29, 1.82) is 0 Å². The second-order valence-corrected chi connectivity index (χ2v) is 10.7. The van der Waals surface area contributed by atoms with E-state index in [4.69, 9.17) is 4.74 Å². The highest BCUT2D eigenvalue weighted by Crippen LogP contribution is 2.48. The lowest BCUT2D eigenvalue weighted by atomic mass is 9.84. The van der Waals surface area contributed by atoms with Gasteiger partial charge in [-0.25, -0.2) is 0 Å². The zero-order valence-corrected chi connectivity index (χ0v) is 19.9. The summed E-state index contributed by atoms with van der Waals surface area (Å²) in [6.45, 7) is 13.5. The van der Waals surface area contributed by atoms with E-state index >= 15 is 0 Å². The van der Waals surface area contributed by atoms with Crippen LogP contribution in [0.1, 0.15) is 80.8 Å². The first kappa shape index (κ1) is 21.4. The second-order valence-electron chi connectivity index (χ2n) is 10.7. The maximum atomic E-state index is 6.10. The van der Waals surface area contributed by atoms with Crippen molar-refractivity contribution in [3.63, 3.8) is 0 Å². The molecule has 1 nitrogen and oxygen atoms in total. The lowest BCUT2D eigenvalue weighted by molar-refractivity contribution is 0.278. The molecule has 0 aliphatic heterocycles. The van der Waals surface area contributed by atoms with Gasteiger partial charge < -0.3 is 4.74 Å². The maximum absolute atomic E-state index is 6.10. The Kier molecular flexibility index (Phi) is 5.33. The van der Waals surface area contributed by atoms with Crippen LogP contribution in [0.5, 0.6) is 0 Å². The Morgan fingerprint density at radius 1 is 0.645 bits per heavy atom. The summed E-state index contributed by atoms with van der Waals surface area (Å²) in [7, 11) is 1.81. The molecule has 3 aromatic carbocycles. The number of methoxy groups -OCH3 is 1. The van der Waals surface area contributed by atoms with E-state index in [1.165, 1.54) is 39.0 Å². The number of allylic oxidation sites excluding steroid dienone is 1. The molecule has 3 aromatic rings. The molecule has 160 valence electrons. The summed E-state index contributed by atoms with van der Waals surface area (Å²) in [4.78, 5) is 0. The topological polar surface area (TPSA) is 9.23 Å². The molecule has 0 N–H and O–H groups in total. The van der Waals surface area contributed by atoms with E-state index in [0.29, 0.717) is 0 Å². The van der Waals surface area contributed by atoms with Crippen LogP contribution in [0, 0.1) is 0 Å². The average Bonchev–Trinajstić information content (AvgIpc) is 3.07. The predicted molar refractivity (Wildman–Crippen MR) is 132 cm³/mol. The quantitative estimate of drug-likeness (QED) is 0.427. The van der Waals surface area contributed by atoms with Crippen molar-refractivity contribution >= 4 is 5.57 Å². The van der Waals surface area contributed by atoms with Crippen molar-refractivity contribution < 1.29 is 4.74 Å². The minimum absolute atomic E-state index is 0.118. The molecule has 0 saturated heterocycles. The molecule has 1 unspecified atom stereocenters. The van der Waals surface area contributed by atoms with E-state index in [2.05, 4.69) is 114 Å². The third-order valence-electron chi connectivity index (χ3n) is 6.42. The van der Waals surface area contributed by atoms with Gasteiger partial charge in [0.2, 0.25) is 0 Å². The molecular weight excluding hydrogens is 376 g/mol. The molecule has 0 bridgehead atoms. The van der Waals surface area contributed by atoms with Crippen LogP contribution in [0.2, 0.25) is 0 Å². The standard InChI is InChI=1S/C30H34O/c1-29(2,3)22-16-12-20(13-17-22)26-24-10-8-9-11-25(24)27(28(26)31-7)21-14-18-23(19-15-21)30(4,5)6/h8-19,26H,1-7H3. The molecule has 0 heterocycles. The van der Waals surface area contributed by atoms with Crippen LogP contribution in [0.25, 0.3) is 5.57 Å². The van der Waals surface area contributed by atoms with Gasteiger partial charge in [0.1, 0.15) is 5.76 Å². The van der Waals surface area contributed by atoms with Crippen LogP contribution in [0.3, 0.4) is 0 Å². The Morgan fingerprint density at radius 2 is 1.16 bits per heavy atom. The van der Waals surface area contributed by atoms with Crippen molar-refractivity contribution in [3.8, 4) is 0 Å². The van der Waals surface area contributed by atoms with Crippen molar-refractivity contribution in [2.24, 2.45) is 0 Å². The van der Waals surface area contributed by atoms with Gasteiger partial charge in [0, 0.05) is 5.57 Å². The fraction of sp³-hybridized carbons (Fsp3) is 0.333. The molecule has 1 aliphatic carbocycles. The lowest BCUT2D eigenvalue weighted by Crippen LogP contribution is -2.11. The number of benzene rings is 3. The van der Waals surface area contributed by atoms with Crippen LogP contribution in [-0.4, -0.2) is 7.11 Å². The van der Waals surface area contributed by atoms with Gasteiger partial charge in [-0.2, -0.15) is 0 Å². The Labute approximate surface area is 187 Å². The minimum Gasteiger partial charge on any atom is -0.499 e. The summed E-state index contributed by atoms with van der Waals surface area (Å²) >= 11 is 0. The van der Waals surface area contributed by atoms with Gasteiger partial charge in [-0.05, 0) is 44.2 Å². The Bertz CT molecular complexity index is 1100. The zero-order chi connectivity index (χ0) is 22.4. The number of hydrogen-bond donors (Lipinski definition) is 0. The van der Waals surface area contributed by atoms with E-state index in [1.807, 2.05) is 0 Å². The van der Waals surface area contributed by atoms with Crippen molar-refractivity contribution in [1.82, 2.24) is 0 Å². The molecule has 1 heteroatoms. The highest BCUT2D eigenvalue weighted by atomic mass is 16.5. The summed E-state index contributed by atoms with van der Waals surface area (Å²) in [6, 6.07) is 26.8. The van der Waals surface area contributed by atoms with Crippen molar-refractivity contribution in [2.75, 3.05) is 7.11 Å². The summed E-state index contributed by atoms with van der Waals surface area (Å²) in [5.41, 5.74) is 9.27. The summed E-state index contributed by atoms with van der Waals surface area (Å²) in [5.74, 6) is 1.15. The first-order valence-electron chi connectivity index (χ1n) is 11.2. The van der Waals surface area contributed by atoms with E-state index in [-0.39, 0.29) is 16.7 Å². The second kappa shape index (κ2) is 7.71. The van der Waals surface area contributed by atoms with Crippen LogP contribution in [-0.2, 0) is 15.6 Å². The van der Waals surface area contributed by atoms with Gasteiger partial charge in [-0.3, -0.25) is 0 Å². The summed E-state index contributed by atoms with van der Waals surface area (Å²) in [5, 5.41) is 0. The fourth-order valence-corrected chi connectivity index (χ4v) is 4.56. The highest BCUT2D eigenvalue weighted by Gasteiger charge is 2.34. The van der Waals surface area contributed by atoms with E-state index in [0.717, 1.165) is 5.76 Å². The number of ether oxygens (including phenoxy) is 1. The molecule has 1 aliphatic rings. The Morgan fingerprint density at radius 3 is 1.68 bits per heavy atom. The molecule has 0 radical (unpaired) electrons. The van der Waals surface area contributed by atoms with Crippen molar-refractivity contribution in [2.45, 2.75) is 58.3 Å². The van der Waals surface area contributed by atoms with Crippen LogP contribution < -0.4 is 0 Å². The molecule has 4 rings (SSSR count). The van der Waals surface area contributed by atoms with Gasteiger partial charge in [0.15, 0.2) is 0 Å². The van der Waals surface area contributed by atoms with Crippen LogP contribution in [0.15, 0.2) is 78.6 Å².